The molecule has 0 amide bonds. The van der Waals surface area contributed by atoms with Gasteiger partial charge in [-0.15, -0.1) is 0 Å². The van der Waals surface area contributed by atoms with Crippen molar-refractivity contribution in [2.45, 2.75) is 26.2 Å². The first-order valence-electron chi connectivity index (χ1n) is 7.97. The van der Waals surface area contributed by atoms with Gasteiger partial charge in [-0.05, 0) is 48.4 Å². The third kappa shape index (κ3) is 5.62. The molecule has 2 N–H and O–H groups in total. The molecule has 0 aliphatic carbocycles. The van der Waals surface area contributed by atoms with Crippen molar-refractivity contribution in [2.24, 2.45) is 0 Å². The molecule has 0 heterocycles. The molecule has 2 aromatic rings. The number of ketones is 1. The van der Waals surface area contributed by atoms with Crippen molar-refractivity contribution in [3.05, 3.63) is 65.7 Å². The quantitative estimate of drug-likeness (QED) is 0.435. The highest BCUT2D eigenvalue weighted by atomic mass is 16.5. The van der Waals surface area contributed by atoms with Gasteiger partial charge in [-0.25, -0.2) is 0 Å². The van der Waals surface area contributed by atoms with Crippen molar-refractivity contribution in [1.29, 1.82) is 0 Å². The number of Topliss-reactive ketones (excluding diaryl/α,β-unsaturated/α-hetero) is 1. The number of carbonyl (C=O) groups is 1. The molecule has 0 bridgehead atoms. The van der Waals surface area contributed by atoms with Gasteiger partial charge < -0.3 is 10.5 Å². The first kappa shape index (κ1) is 16.8. The second-order valence-corrected chi connectivity index (χ2v) is 5.42. The Balaban J connectivity index is 1.85. The number of allylic oxidation sites excluding steroid dienone is 1. The zero-order valence-corrected chi connectivity index (χ0v) is 13.5. The molecule has 0 saturated carbocycles. The smallest absolute Gasteiger partial charge is 0.166 e. The number of carbonyl (C=O) groups excluding carboxylic acids is 1. The van der Waals surface area contributed by atoms with Crippen molar-refractivity contribution in [2.75, 3.05) is 12.3 Å². The van der Waals surface area contributed by atoms with E-state index in [1.54, 1.807) is 24.3 Å². The van der Waals surface area contributed by atoms with Crippen LogP contribution in [0.4, 0.5) is 5.69 Å². The topological polar surface area (TPSA) is 52.3 Å². The Morgan fingerprint density at radius 3 is 2.43 bits per heavy atom. The van der Waals surface area contributed by atoms with Crippen molar-refractivity contribution >= 4 is 17.5 Å². The van der Waals surface area contributed by atoms with Crippen LogP contribution in [0.15, 0.2) is 54.6 Å². The summed E-state index contributed by atoms with van der Waals surface area (Å²) >= 11 is 0. The number of anilines is 1. The van der Waals surface area contributed by atoms with Gasteiger partial charge in [-0.3, -0.25) is 4.79 Å². The lowest BCUT2D eigenvalue weighted by Crippen LogP contribution is -1.97. The average Bonchev–Trinajstić information content (AvgIpc) is 2.57. The van der Waals surface area contributed by atoms with Crippen LogP contribution in [-0.2, 0) is 0 Å². The number of hydrogen-bond acceptors (Lipinski definition) is 3. The van der Waals surface area contributed by atoms with Gasteiger partial charge in [-0.2, -0.15) is 0 Å². The summed E-state index contributed by atoms with van der Waals surface area (Å²) in [6.07, 6.45) is 6.40. The fourth-order valence-corrected chi connectivity index (χ4v) is 2.10. The lowest BCUT2D eigenvalue weighted by Gasteiger charge is -2.05. The van der Waals surface area contributed by atoms with E-state index in [1.807, 2.05) is 36.4 Å². The van der Waals surface area contributed by atoms with E-state index in [9.17, 15) is 4.79 Å². The minimum Gasteiger partial charge on any atom is -0.494 e. The molecule has 0 aliphatic heterocycles. The number of ether oxygens (including phenoxy) is 1. The summed E-state index contributed by atoms with van der Waals surface area (Å²) in [5, 5.41) is 0. The summed E-state index contributed by atoms with van der Waals surface area (Å²) in [5.74, 6) is 0.967. The molecule has 0 saturated heterocycles. The molecule has 0 aliphatic rings. The van der Waals surface area contributed by atoms with E-state index in [2.05, 4.69) is 6.92 Å². The molecule has 3 nitrogen and oxygen atoms in total. The lowest BCUT2D eigenvalue weighted by molar-refractivity contribution is 0.0996. The summed E-state index contributed by atoms with van der Waals surface area (Å²) in [6.45, 7) is 2.89. The van der Waals surface area contributed by atoms with E-state index in [0.717, 1.165) is 30.8 Å². The molecule has 2 rings (SSSR count). The molecule has 0 fully saturated rings. The SMILES string of the molecule is CCCCOc1ccc(C=CCC(=O)c2ccc(N)cc2)cc1. The van der Waals surface area contributed by atoms with Gasteiger partial charge in [0, 0.05) is 17.7 Å². The highest BCUT2D eigenvalue weighted by Crippen LogP contribution is 2.14. The standard InChI is InChI=1S/C20H23NO2/c1-2-3-15-23-19-13-7-16(8-14-19)5-4-6-20(22)17-9-11-18(21)12-10-17/h4-5,7-14H,2-3,6,15,21H2,1H3. The summed E-state index contributed by atoms with van der Waals surface area (Å²) in [7, 11) is 0. The Hall–Kier alpha value is -2.55. The molecule has 0 spiro atoms. The number of nitrogen functional groups attached to an aromatic ring is 1. The molecule has 23 heavy (non-hydrogen) atoms. The highest BCUT2D eigenvalue weighted by molar-refractivity contribution is 5.97. The summed E-state index contributed by atoms with van der Waals surface area (Å²) < 4.78 is 5.62. The van der Waals surface area contributed by atoms with Crippen LogP contribution < -0.4 is 10.5 Å². The molecule has 0 radical (unpaired) electrons. The van der Waals surface area contributed by atoms with Crippen LogP contribution in [0.25, 0.3) is 6.08 Å². The third-order valence-corrected chi connectivity index (χ3v) is 3.49. The van der Waals surface area contributed by atoms with Crippen molar-refractivity contribution < 1.29 is 9.53 Å². The lowest BCUT2D eigenvalue weighted by atomic mass is 10.1. The third-order valence-electron chi connectivity index (χ3n) is 3.49. The van der Waals surface area contributed by atoms with Crippen molar-refractivity contribution in [1.82, 2.24) is 0 Å². The first-order valence-corrected chi connectivity index (χ1v) is 7.97. The number of nitrogens with two attached hydrogens (primary N) is 1. The van der Waals surface area contributed by atoms with Crippen LogP contribution in [-0.4, -0.2) is 12.4 Å². The van der Waals surface area contributed by atoms with E-state index in [4.69, 9.17) is 10.5 Å². The van der Waals surface area contributed by atoms with Gasteiger partial charge in [0.1, 0.15) is 5.75 Å². The van der Waals surface area contributed by atoms with Crippen molar-refractivity contribution in [3.63, 3.8) is 0 Å². The minimum atomic E-state index is 0.0840. The number of benzene rings is 2. The molecular weight excluding hydrogens is 286 g/mol. The fraction of sp³-hybridized carbons (Fsp3) is 0.250. The molecule has 0 atom stereocenters. The Morgan fingerprint density at radius 1 is 1.09 bits per heavy atom. The Labute approximate surface area is 137 Å². The number of unbranched alkanes of at least 4 members (excludes halogenated alkanes) is 1. The van der Waals surface area contributed by atoms with Crippen LogP contribution in [0, 0.1) is 0 Å². The van der Waals surface area contributed by atoms with Gasteiger partial charge in [0.15, 0.2) is 5.78 Å². The maximum absolute atomic E-state index is 12.0. The van der Waals surface area contributed by atoms with Crippen LogP contribution in [0.5, 0.6) is 5.75 Å². The van der Waals surface area contributed by atoms with E-state index in [0.29, 0.717) is 17.7 Å². The second-order valence-electron chi connectivity index (χ2n) is 5.42. The van der Waals surface area contributed by atoms with E-state index in [1.165, 1.54) is 0 Å². The van der Waals surface area contributed by atoms with Crippen molar-refractivity contribution in [3.8, 4) is 5.75 Å². The maximum Gasteiger partial charge on any atom is 0.166 e. The Kier molecular flexibility index (Phi) is 6.42. The zero-order chi connectivity index (χ0) is 16.5. The molecule has 120 valence electrons. The normalized spacial score (nSPS) is 10.8. The predicted molar refractivity (Wildman–Crippen MR) is 95.7 cm³/mol. The van der Waals surface area contributed by atoms with E-state index >= 15 is 0 Å². The maximum atomic E-state index is 12.0. The van der Waals surface area contributed by atoms with Crippen LogP contribution in [0.3, 0.4) is 0 Å². The van der Waals surface area contributed by atoms with E-state index in [-0.39, 0.29) is 5.78 Å². The Morgan fingerprint density at radius 2 is 1.78 bits per heavy atom. The molecule has 0 aromatic heterocycles. The average molecular weight is 309 g/mol. The minimum absolute atomic E-state index is 0.0840. The van der Waals surface area contributed by atoms with Gasteiger partial charge in [0.25, 0.3) is 0 Å². The summed E-state index contributed by atoms with van der Waals surface area (Å²) in [4.78, 5) is 12.0. The fourth-order valence-electron chi connectivity index (χ4n) is 2.10. The summed E-state index contributed by atoms with van der Waals surface area (Å²) in [6, 6.07) is 14.9. The predicted octanol–water partition coefficient (Wildman–Crippen LogP) is 4.73. The van der Waals surface area contributed by atoms with Gasteiger partial charge in [-0.1, -0.05) is 37.6 Å². The van der Waals surface area contributed by atoms with Gasteiger partial charge in [0.05, 0.1) is 6.61 Å². The number of hydrogen-bond donors (Lipinski definition) is 1. The first-order chi connectivity index (χ1) is 11.2. The van der Waals surface area contributed by atoms with Gasteiger partial charge >= 0.3 is 0 Å². The zero-order valence-electron chi connectivity index (χ0n) is 13.5. The Bertz CT molecular complexity index is 642. The molecule has 0 unspecified atom stereocenters. The van der Waals surface area contributed by atoms with E-state index < -0.39 is 0 Å². The largest absolute Gasteiger partial charge is 0.494 e. The second kappa shape index (κ2) is 8.79. The van der Waals surface area contributed by atoms with Crippen LogP contribution in [0.2, 0.25) is 0 Å². The summed E-state index contributed by atoms with van der Waals surface area (Å²) in [5.41, 5.74) is 8.02. The molecule has 3 heteroatoms. The number of rotatable bonds is 8. The monoisotopic (exact) mass is 309 g/mol. The molecule has 2 aromatic carbocycles. The molecular formula is C20H23NO2. The van der Waals surface area contributed by atoms with Gasteiger partial charge in [0.2, 0.25) is 0 Å². The highest BCUT2D eigenvalue weighted by Gasteiger charge is 2.02. The van der Waals surface area contributed by atoms with Crippen LogP contribution in [0.1, 0.15) is 42.1 Å². The van der Waals surface area contributed by atoms with Crippen LogP contribution >= 0.6 is 0 Å².